The molecule has 2 rings (SSSR count). The first kappa shape index (κ1) is 27.0. The number of hydrogen-bond acceptors (Lipinski definition) is 5. The molecule has 6 nitrogen and oxygen atoms in total. The van der Waals surface area contributed by atoms with Gasteiger partial charge in [-0.3, -0.25) is 4.79 Å². The molecule has 0 saturated carbocycles. The van der Waals surface area contributed by atoms with Crippen molar-refractivity contribution in [2.45, 2.75) is 72.6 Å². The van der Waals surface area contributed by atoms with E-state index in [0.29, 0.717) is 24.0 Å². The van der Waals surface area contributed by atoms with E-state index >= 15 is 0 Å². The Hall–Kier alpha value is -2.28. The molecule has 1 aromatic rings. The zero-order chi connectivity index (χ0) is 24.6. The first-order valence-electron chi connectivity index (χ1n) is 11.9. The Balaban J connectivity index is 2.34. The summed E-state index contributed by atoms with van der Waals surface area (Å²) < 4.78 is 23.6. The topological polar surface area (TPSA) is 94.9 Å². The lowest BCUT2D eigenvalue weighted by molar-refractivity contribution is 0.0766. The molecule has 1 aromatic carbocycles. The number of unbranched alkanes of at least 4 members (excludes halogenated alkanes) is 2. The normalized spacial score (nSPS) is 16.0. The fraction of sp³-hybridized carbons (Fsp3) is 0.577. The highest BCUT2D eigenvalue weighted by molar-refractivity contribution is 7.91. The van der Waals surface area contributed by atoms with Crippen LogP contribution < -0.4 is 0 Å². The van der Waals surface area contributed by atoms with Crippen LogP contribution in [0.1, 0.15) is 81.3 Å². The fourth-order valence-electron chi connectivity index (χ4n) is 3.99. The molecule has 184 valence electrons. The summed E-state index contributed by atoms with van der Waals surface area (Å²) in [5.41, 5.74) is 3.57. The van der Waals surface area contributed by atoms with Crippen LogP contribution in [-0.4, -0.2) is 54.0 Å². The minimum atomic E-state index is -3.12. The Morgan fingerprint density at radius 1 is 1.09 bits per heavy atom. The number of benzene rings is 1. The van der Waals surface area contributed by atoms with Gasteiger partial charge in [-0.1, -0.05) is 43.1 Å². The second-order valence-electron chi connectivity index (χ2n) is 9.23. The number of amides is 1. The van der Waals surface area contributed by atoms with Crippen LogP contribution in [0.15, 0.2) is 29.4 Å². The van der Waals surface area contributed by atoms with Crippen LogP contribution in [0, 0.1) is 0 Å². The summed E-state index contributed by atoms with van der Waals surface area (Å²) in [6.07, 6.45) is 9.69. The SMILES string of the molecule is CCCCCc1cc(O)c(C/C=C(\C)CCC=C(C)C)c(O)c1C(=O)N1CCS(=O)(=O)CC1. The number of carbonyl (C=O) groups excluding carboxylic acids is 1. The second kappa shape index (κ2) is 12.3. The summed E-state index contributed by atoms with van der Waals surface area (Å²) in [7, 11) is -3.12. The van der Waals surface area contributed by atoms with E-state index in [9.17, 15) is 23.4 Å². The maximum Gasteiger partial charge on any atom is 0.257 e. The van der Waals surface area contributed by atoms with Gasteiger partial charge in [-0.05, 0) is 64.5 Å². The van der Waals surface area contributed by atoms with E-state index in [1.807, 2.05) is 13.0 Å². The van der Waals surface area contributed by atoms with Crippen LogP contribution in [0.4, 0.5) is 0 Å². The van der Waals surface area contributed by atoms with Crippen molar-refractivity contribution < 1.29 is 23.4 Å². The predicted octanol–water partition coefficient (Wildman–Crippen LogP) is 4.94. The highest BCUT2D eigenvalue weighted by Gasteiger charge is 2.30. The Labute approximate surface area is 198 Å². The van der Waals surface area contributed by atoms with E-state index in [1.54, 1.807) is 6.07 Å². The number of hydrogen-bond donors (Lipinski definition) is 2. The summed E-state index contributed by atoms with van der Waals surface area (Å²) >= 11 is 0. The molecule has 1 aliphatic rings. The van der Waals surface area contributed by atoms with Crippen LogP contribution in [0.2, 0.25) is 0 Å². The standard InChI is InChI=1S/C26H39NO5S/c1-5-6-7-11-21-18-23(28)22(13-12-20(4)10-8-9-19(2)3)25(29)24(21)26(30)27-14-16-33(31,32)17-15-27/h9,12,18,28-29H,5-8,10-11,13-17H2,1-4H3/b20-12+. The third kappa shape index (κ3) is 7.91. The van der Waals surface area contributed by atoms with Gasteiger partial charge in [0.25, 0.3) is 5.91 Å². The molecule has 0 radical (unpaired) electrons. The molecule has 0 bridgehead atoms. The van der Waals surface area contributed by atoms with Crippen molar-refractivity contribution in [1.29, 1.82) is 0 Å². The number of rotatable bonds is 10. The van der Waals surface area contributed by atoms with Crippen LogP contribution in [-0.2, 0) is 22.7 Å². The lowest BCUT2D eigenvalue weighted by Crippen LogP contribution is -2.44. The first-order chi connectivity index (χ1) is 15.6. The fourth-order valence-corrected chi connectivity index (χ4v) is 5.19. The Morgan fingerprint density at radius 2 is 1.76 bits per heavy atom. The van der Waals surface area contributed by atoms with E-state index in [1.165, 1.54) is 10.5 Å². The second-order valence-corrected chi connectivity index (χ2v) is 11.5. The summed E-state index contributed by atoms with van der Waals surface area (Å²) in [5, 5.41) is 21.8. The average Bonchev–Trinajstić information content (AvgIpc) is 2.73. The molecule has 7 heteroatoms. The molecule has 0 spiro atoms. The Bertz CT molecular complexity index is 990. The van der Waals surface area contributed by atoms with E-state index in [2.05, 4.69) is 26.8 Å². The van der Waals surface area contributed by atoms with Gasteiger partial charge >= 0.3 is 0 Å². The van der Waals surface area contributed by atoms with Crippen LogP contribution in [0.3, 0.4) is 0 Å². The molecule has 0 aromatic heterocycles. The van der Waals surface area contributed by atoms with Gasteiger partial charge in [-0.25, -0.2) is 8.42 Å². The highest BCUT2D eigenvalue weighted by Crippen LogP contribution is 2.36. The zero-order valence-electron chi connectivity index (χ0n) is 20.5. The van der Waals surface area contributed by atoms with Gasteiger partial charge in [-0.15, -0.1) is 0 Å². The summed E-state index contributed by atoms with van der Waals surface area (Å²) in [5.74, 6) is -0.690. The summed E-state index contributed by atoms with van der Waals surface area (Å²) in [4.78, 5) is 14.9. The van der Waals surface area contributed by atoms with Crippen molar-refractivity contribution in [1.82, 2.24) is 4.90 Å². The van der Waals surface area contributed by atoms with Gasteiger partial charge in [0, 0.05) is 18.7 Å². The average molecular weight is 478 g/mol. The Morgan fingerprint density at radius 3 is 2.36 bits per heavy atom. The number of carbonyl (C=O) groups is 1. The van der Waals surface area contributed by atoms with Gasteiger partial charge < -0.3 is 15.1 Å². The molecular weight excluding hydrogens is 438 g/mol. The molecule has 1 saturated heterocycles. The molecule has 1 fully saturated rings. The largest absolute Gasteiger partial charge is 0.508 e. The predicted molar refractivity (Wildman–Crippen MR) is 134 cm³/mol. The molecule has 1 aliphatic heterocycles. The van der Waals surface area contributed by atoms with Crippen molar-refractivity contribution in [3.05, 3.63) is 46.1 Å². The van der Waals surface area contributed by atoms with Gasteiger partial charge in [-0.2, -0.15) is 0 Å². The maximum atomic E-state index is 13.4. The van der Waals surface area contributed by atoms with Crippen LogP contribution >= 0.6 is 0 Å². The van der Waals surface area contributed by atoms with Crippen molar-refractivity contribution in [2.24, 2.45) is 0 Å². The first-order valence-corrected chi connectivity index (χ1v) is 13.7. The number of aryl methyl sites for hydroxylation is 1. The van der Waals surface area contributed by atoms with Crippen molar-refractivity contribution >= 4 is 15.7 Å². The van der Waals surface area contributed by atoms with Crippen molar-refractivity contribution in [3.63, 3.8) is 0 Å². The van der Waals surface area contributed by atoms with E-state index in [-0.39, 0.29) is 47.6 Å². The zero-order valence-corrected chi connectivity index (χ0v) is 21.3. The number of allylic oxidation sites excluding steroid dienone is 4. The quantitative estimate of drug-likeness (QED) is 0.368. The molecule has 1 heterocycles. The lowest BCUT2D eigenvalue weighted by atomic mass is 9.94. The van der Waals surface area contributed by atoms with E-state index in [4.69, 9.17) is 0 Å². The van der Waals surface area contributed by atoms with E-state index < -0.39 is 9.84 Å². The van der Waals surface area contributed by atoms with Gasteiger partial charge in [0.1, 0.15) is 11.5 Å². The summed E-state index contributed by atoms with van der Waals surface area (Å²) in [6, 6.07) is 1.60. The molecular formula is C26H39NO5S. The number of phenols is 2. The van der Waals surface area contributed by atoms with Gasteiger partial charge in [0.2, 0.25) is 0 Å². The minimum Gasteiger partial charge on any atom is -0.508 e. The number of sulfone groups is 1. The Kier molecular flexibility index (Phi) is 10.0. The maximum absolute atomic E-state index is 13.4. The molecule has 0 aliphatic carbocycles. The van der Waals surface area contributed by atoms with Crippen molar-refractivity contribution in [3.8, 4) is 11.5 Å². The third-order valence-corrected chi connectivity index (χ3v) is 7.71. The third-order valence-electron chi connectivity index (χ3n) is 6.10. The van der Waals surface area contributed by atoms with Crippen molar-refractivity contribution in [2.75, 3.05) is 24.6 Å². The number of phenolic OH excluding ortho intramolecular Hbond substituents is 2. The molecule has 33 heavy (non-hydrogen) atoms. The summed E-state index contributed by atoms with van der Waals surface area (Å²) in [6.45, 7) is 8.47. The molecule has 0 atom stereocenters. The monoisotopic (exact) mass is 477 g/mol. The minimum absolute atomic E-state index is 0.00915. The number of nitrogens with zero attached hydrogens (tertiary/aromatic N) is 1. The van der Waals surface area contributed by atoms with Crippen LogP contribution in [0.25, 0.3) is 0 Å². The van der Waals surface area contributed by atoms with Gasteiger partial charge in [0.15, 0.2) is 9.84 Å². The molecule has 0 unspecified atom stereocenters. The molecule has 1 amide bonds. The molecule has 2 N–H and O–H groups in total. The van der Waals surface area contributed by atoms with E-state index in [0.717, 1.165) is 37.7 Å². The number of aromatic hydroxyl groups is 2. The van der Waals surface area contributed by atoms with Gasteiger partial charge in [0.05, 0.1) is 17.1 Å². The van der Waals surface area contributed by atoms with Crippen LogP contribution in [0.5, 0.6) is 11.5 Å². The lowest BCUT2D eigenvalue weighted by Gasteiger charge is -2.28. The highest BCUT2D eigenvalue weighted by atomic mass is 32.2. The smallest absolute Gasteiger partial charge is 0.257 e.